The Kier molecular flexibility index (Phi) is 9.71. The molecule has 38 heavy (non-hydrogen) atoms. The predicted octanol–water partition coefficient (Wildman–Crippen LogP) is 4.57. The lowest BCUT2D eigenvalue weighted by molar-refractivity contribution is -0.344. The van der Waals surface area contributed by atoms with Crippen molar-refractivity contribution in [3.05, 3.63) is 94.0 Å². The number of hydrogen-bond acceptors (Lipinski definition) is 5. The molecule has 0 fully saturated rings. The topological polar surface area (TPSA) is 99.9 Å². The molecule has 7 nitrogen and oxygen atoms in total. The van der Waals surface area contributed by atoms with Crippen molar-refractivity contribution in [1.82, 2.24) is 20.3 Å². The average molecular weight is 566 g/mol. The van der Waals surface area contributed by atoms with Crippen molar-refractivity contribution in [2.45, 2.75) is 38.0 Å². The van der Waals surface area contributed by atoms with Gasteiger partial charge in [-0.05, 0) is 60.9 Å². The number of nitrogens with one attached hydrogen (secondary N) is 1. The molecule has 0 unspecified atom stereocenters. The smallest absolute Gasteiger partial charge is 0.430 e. The zero-order chi connectivity index (χ0) is 27.9. The molecule has 0 bridgehead atoms. The van der Waals surface area contributed by atoms with Crippen LogP contribution >= 0.6 is 23.2 Å². The molecular weight excluding hydrogens is 544 g/mol. The number of fused-ring (bicyclic) bond motifs is 1. The van der Waals surface area contributed by atoms with E-state index in [9.17, 15) is 18.0 Å². The lowest BCUT2D eigenvalue weighted by Gasteiger charge is -2.26. The molecule has 4 aromatic rings. The minimum atomic E-state index is -5.19. The number of carbonyl (C=O) groups excluding carboxylic acids is 2. The minimum Gasteiger partial charge on any atom is -0.542 e. The molecule has 200 valence electrons. The Morgan fingerprint density at radius 3 is 1.87 bits per heavy atom. The number of carboxylic acids is 1. The van der Waals surface area contributed by atoms with Crippen LogP contribution in [-0.2, 0) is 22.6 Å². The lowest BCUT2D eigenvalue weighted by atomic mass is 9.86. The number of hydrogen-bond donors (Lipinski definition) is 1. The fourth-order valence-electron chi connectivity index (χ4n) is 3.67. The largest absolute Gasteiger partial charge is 0.542 e. The van der Waals surface area contributed by atoms with E-state index in [0.29, 0.717) is 10.0 Å². The number of benzene rings is 3. The first-order chi connectivity index (χ1) is 17.9. The van der Waals surface area contributed by atoms with Gasteiger partial charge in [0.2, 0.25) is 5.91 Å². The van der Waals surface area contributed by atoms with Gasteiger partial charge in [-0.1, -0.05) is 59.6 Å². The molecule has 0 saturated carbocycles. The van der Waals surface area contributed by atoms with E-state index in [-0.39, 0.29) is 24.4 Å². The van der Waals surface area contributed by atoms with Crippen molar-refractivity contribution in [2.24, 2.45) is 0 Å². The lowest BCUT2D eigenvalue weighted by Crippen LogP contribution is -2.40. The van der Waals surface area contributed by atoms with Gasteiger partial charge in [0.25, 0.3) is 0 Å². The first-order valence-corrected chi connectivity index (χ1v) is 12.1. The van der Waals surface area contributed by atoms with Gasteiger partial charge in [0.15, 0.2) is 0 Å². The third-order valence-corrected chi connectivity index (χ3v) is 6.01. The Morgan fingerprint density at radius 1 is 0.921 bits per heavy atom. The normalized spacial score (nSPS) is 12.8. The van der Waals surface area contributed by atoms with Crippen molar-refractivity contribution < 1.29 is 27.9 Å². The van der Waals surface area contributed by atoms with Crippen molar-refractivity contribution >= 4 is 46.1 Å². The van der Waals surface area contributed by atoms with Crippen molar-refractivity contribution in [1.29, 1.82) is 0 Å². The molecule has 1 heterocycles. The summed E-state index contributed by atoms with van der Waals surface area (Å²) >= 11 is 12.1. The molecule has 1 aromatic heterocycles. The molecule has 0 aliphatic heterocycles. The van der Waals surface area contributed by atoms with Crippen LogP contribution in [0.5, 0.6) is 0 Å². The van der Waals surface area contributed by atoms with Crippen LogP contribution in [0.25, 0.3) is 11.0 Å². The van der Waals surface area contributed by atoms with Gasteiger partial charge >= 0.3 is 6.18 Å². The Bertz CT molecular complexity index is 1340. The maximum atomic E-state index is 12.7. The molecule has 1 N–H and O–H groups in total. The van der Waals surface area contributed by atoms with Crippen molar-refractivity contribution in [3.8, 4) is 0 Å². The van der Waals surface area contributed by atoms with Gasteiger partial charge in [-0.25, -0.2) is 0 Å². The highest BCUT2D eigenvalue weighted by atomic mass is 35.5. The predicted molar refractivity (Wildman–Crippen MR) is 136 cm³/mol. The van der Waals surface area contributed by atoms with Gasteiger partial charge in [0, 0.05) is 22.0 Å². The molecule has 0 radical (unpaired) electrons. The van der Waals surface area contributed by atoms with Gasteiger partial charge < -0.3 is 15.2 Å². The number of amides is 1. The third kappa shape index (κ3) is 8.46. The van der Waals surface area contributed by atoms with E-state index in [1.807, 2.05) is 79.7 Å². The second kappa shape index (κ2) is 12.7. The molecule has 0 aliphatic carbocycles. The Morgan fingerprint density at radius 2 is 1.39 bits per heavy atom. The molecule has 0 spiro atoms. The zero-order valence-corrected chi connectivity index (χ0v) is 21.5. The fraction of sp³-hybridized carbons (Fsp3) is 0.231. The summed E-state index contributed by atoms with van der Waals surface area (Å²) in [5, 5.41) is 22.0. The van der Waals surface area contributed by atoms with Crippen LogP contribution in [0.15, 0.2) is 72.8 Å². The zero-order valence-electron chi connectivity index (χ0n) is 20.0. The summed E-state index contributed by atoms with van der Waals surface area (Å²) in [7, 11) is 0. The number of rotatable bonds is 7. The fourth-order valence-corrected chi connectivity index (χ4v) is 3.92. The Labute approximate surface area is 226 Å². The number of halogens is 5. The second-order valence-corrected chi connectivity index (χ2v) is 9.22. The molecule has 1 amide bonds. The maximum absolute atomic E-state index is 12.7. The van der Waals surface area contributed by atoms with Gasteiger partial charge in [-0.3, -0.25) is 4.79 Å². The van der Waals surface area contributed by atoms with E-state index in [1.54, 1.807) is 0 Å². The summed E-state index contributed by atoms with van der Waals surface area (Å²) < 4.78 is 31.5. The van der Waals surface area contributed by atoms with Crippen LogP contribution in [-0.4, -0.2) is 39.1 Å². The minimum absolute atomic E-state index is 0.0621. The van der Waals surface area contributed by atoms with E-state index < -0.39 is 12.1 Å². The van der Waals surface area contributed by atoms with E-state index in [1.165, 1.54) is 4.80 Å². The van der Waals surface area contributed by atoms with E-state index in [0.717, 1.165) is 28.6 Å². The number of aromatic nitrogens is 3. The first kappa shape index (κ1) is 28.9. The van der Waals surface area contributed by atoms with E-state index >= 15 is 0 Å². The van der Waals surface area contributed by atoms with Crippen LogP contribution in [0.3, 0.4) is 0 Å². The van der Waals surface area contributed by atoms with Crippen LogP contribution in [0, 0.1) is 0 Å². The molecule has 3 aromatic carbocycles. The quantitative estimate of drug-likeness (QED) is 0.354. The monoisotopic (exact) mass is 565 g/mol. The van der Waals surface area contributed by atoms with Crippen LogP contribution in [0.1, 0.15) is 24.0 Å². The highest BCUT2D eigenvalue weighted by Crippen LogP contribution is 2.27. The molecule has 0 aliphatic rings. The van der Waals surface area contributed by atoms with Crippen LogP contribution < -0.4 is 10.4 Å². The number of carbonyl (C=O) groups is 2. The van der Waals surface area contributed by atoms with Gasteiger partial charge in [0.1, 0.15) is 23.5 Å². The summed E-state index contributed by atoms with van der Waals surface area (Å²) in [5.74, 6) is -3.08. The number of carboxylic acid groups (broad SMARTS) is 1. The second-order valence-electron chi connectivity index (χ2n) is 8.35. The summed E-state index contributed by atoms with van der Waals surface area (Å²) in [6.45, 7) is 2.08. The molecule has 12 heteroatoms. The third-order valence-electron chi connectivity index (χ3n) is 5.50. The molecule has 2 atom stereocenters. The summed E-state index contributed by atoms with van der Waals surface area (Å²) in [6.07, 6.45) is -4.44. The van der Waals surface area contributed by atoms with E-state index in [4.69, 9.17) is 33.1 Å². The van der Waals surface area contributed by atoms with Crippen LogP contribution in [0.4, 0.5) is 13.2 Å². The Hall–Kier alpha value is -3.63. The molecule has 0 saturated heterocycles. The highest BCUT2D eigenvalue weighted by Gasteiger charge is 2.28. The Balaban J connectivity index is 0.000000505. The van der Waals surface area contributed by atoms with Crippen molar-refractivity contribution in [2.75, 3.05) is 0 Å². The maximum Gasteiger partial charge on any atom is 0.430 e. The molecule has 4 rings (SSSR count). The summed E-state index contributed by atoms with van der Waals surface area (Å²) in [4.78, 5) is 23.0. The van der Waals surface area contributed by atoms with Crippen molar-refractivity contribution in [3.63, 3.8) is 0 Å². The van der Waals surface area contributed by atoms with E-state index in [2.05, 4.69) is 15.5 Å². The first-order valence-electron chi connectivity index (χ1n) is 11.3. The number of aliphatic carboxylic acids is 1. The number of nitrogens with zero attached hydrogens (tertiary/aromatic N) is 3. The SMILES string of the molecule is C[C@@H](NC(=O)Cn1nc2ccccc2n1)[C@H](Cc1ccc(Cl)cc1)c1ccc(Cl)cc1.O=C([O-])C(F)(F)F. The van der Waals surface area contributed by atoms with Crippen LogP contribution in [0.2, 0.25) is 10.0 Å². The van der Waals surface area contributed by atoms with Gasteiger partial charge in [-0.2, -0.15) is 28.2 Å². The summed E-state index contributed by atoms with van der Waals surface area (Å²) in [5.41, 5.74) is 3.79. The van der Waals surface area contributed by atoms with Gasteiger partial charge in [-0.15, -0.1) is 0 Å². The van der Waals surface area contributed by atoms with Gasteiger partial charge in [0.05, 0.1) is 0 Å². The average Bonchev–Trinajstić information content (AvgIpc) is 3.26. The molecular formula is C26H22Cl2F3N4O3-. The summed E-state index contributed by atoms with van der Waals surface area (Å²) in [6, 6.07) is 23.0. The standard InChI is InChI=1S/C24H22Cl2N4O.C2HF3O2/c1-16(27-24(31)15-30-28-22-4-2-3-5-23(22)29-30)21(18-8-12-20(26)13-9-18)14-17-6-10-19(25)11-7-17;3-2(4,5)1(6)7/h2-13,16,21H,14-15H2,1H3,(H,27,31);(H,6,7)/p-1/t16-,21+;/m1./s1. The highest BCUT2D eigenvalue weighted by molar-refractivity contribution is 6.30. The number of alkyl halides is 3.